The summed E-state index contributed by atoms with van der Waals surface area (Å²) in [6.45, 7) is 2.01. The van der Waals surface area contributed by atoms with Gasteiger partial charge in [-0.3, -0.25) is 0 Å². The highest BCUT2D eigenvalue weighted by Crippen LogP contribution is 2.18. The topological polar surface area (TPSA) is 63.9 Å². The third kappa shape index (κ3) is 1.15. The van der Waals surface area contributed by atoms with Crippen LogP contribution in [0.1, 0.15) is 13.3 Å². The first kappa shape index (κ1) is 7.94. The van der Waals surface area contributed by atoms with Crippen LogP contribution in [0.15, 0.2) is 0 Å². The molecule has 1 aliphatic rings. The van der Waals surface area contributed by atoms with E-state index < -0.39 is 12.2 Å². The van der Waals surface area contributed by atoms with E-state index in [2.05, 4.69) is 0 Å². The molecule has 60 valence electrons. The first-order valence-corrected chi connectivity index (χ1v) is 3.48. The quantitative estimate of drug-likeness (QED) is 0.454. The molecule has 3 N–H and O–H groups in total. The van der Waals surface area contributed by atoms with Gasteiger partial charge in [0.2, 0.25) is 0 Å². The molecule has 0 radical (unpaired) electrons. The van der Waals surface area contributed by atoms with Crippen molar-refractivity contribution in [3.63, 3.8) is 0 Å². The molecule has 4 nitrogen and oxygen atoms in total. The van der Waals surface area contributed by atoms with E-state index in [9.17, 15) is 5.11 Å². The van der Waals surface area contributed by atoms with Gasteiger partial charge in [0.1, 0.15) is 0 Å². The molecule has 3 atom stereocenters. The normalized spacial score (nSPS) is 42.6. The summed E-state index contributed by atoms with van der Waals surface area (Å²) in [5.74, 6) is 0. The zero-order valence-electron chi connectivity index (χ0n) is 5.94. The van der Waals surface area contributed by atoms with Crippen LogP contribution in [-0.4, -0.2) is 45.3 Å². The lowest BCUT2D eigenvalue weighted by Crippen LogP contribution is -2.33. The summed E-state index contributed by atoms with van der Waals surface area (Å²) in [5, 5.41) is 28.2. The average Bonchev–Trinajstić information content (AvgIpc) is 2.09. The van der Waals surface area contributed by atoms with Crippen molar-refractivity contribution in [3.05, 3.63) is 0 Å². The highest BCUT2D eigenvalue weighted by Gasteiger charge is 2.37. The van der Waals surface area contributed by atoms with Gasteiger partial charge in [-0.2, -0.15) is 5.06 Å². The number of hydroxylamine groups is 2. The smallest absolute Gasteiger partial charge is 0.0990 e. The molecule has 1 fully saturated rings. The fraction of sp³-hybridized carbons (Fsp3) is 1.00. The second-order valence-corrected chi connectivity index (χ2v) is 2.66. The minimum Gasteiger partial charge on any atom is -0.389 e. The summed E-state index contributed by atoms with van der Waals surface area (Å²) in [6.07, 6.45) is -0.945. The molecular weight excluding hydrogens is 134 g/mol. The number of nitrogens with zero attached hydrogens (tertiary/aromatic N) is 1. The molecule has 1 aliphatic heterocycles. The molecule has 0 bridgehead atoms. The molecule has 0 amide bonds. The Morgan fingerprint density at radius 1 is 1.50 bits per heavy atom. The van der Waals surface area contributed by atoms with Crippen LogP contribution in [0.5, 0.6) is 0 Å². The molecule has 0 spiro atoms. The molecule has 0 aliphatic carbocycles. The standard InChI is InChI=1S/C6H13NO3/c1-2-4-6(9)5(8)3-7(4)10/h4-6,8-10H,2-3H2,1H3/t4-,5+,6-/m1/s1. The molecule has 1 saturated heterocycles. The van der Waals surface area contributed by atoms with Gasteiger partial charge in [-0.15, -0.1) is 0 Å². The van der Waals surface area contributed by atoms with Crippen molar-refractivity contribution in [1.29, 1.82) is 0 Å². The molecule has 0 unspecified atom stereocenters. The Morgan fingerprint density at radius 3 is 2.30 bits per heavy atom. The van der Waals surface area contributed by atoms with E-state index >= 15 is 0 Å². The Kier molecular flexibility index (Phi) is 2.25. The third-order valence-electron chi connectivity index (χ3n) is 1.96. The monoisotopic (exact) mass is 147 g/mol. The van der Waals surface area contributed by atoms with E-state index in [4.69, 9.17) is 10.3 Å². The van der Waals surface area contributed by atoms with Crippen molar-refractivity contribution in [2.45, 2.75) is 31.6 Å². The van der Waals surface area contributed by atoms with Crippen molar-refractivity contribution in [2.75, 3.05) is 6.54 Å². The third-order valence-corrected chi connectivity index (χ3v) is 1.96. The van der Waals surface area contributed by atoms with Crippen molar-refractivity contribution >= 4 is 0 Å². The Labute approximate surface area is 59.7 Å². The SMILES string of the molecule is CC[C@@H]1[C@@H](O)[C@@H](O)CN1O. The fourth-order valence-corrected chi connectivity index (χ4v) is 1.32. The largest absolute Gasteiger partial charge is 0.389 e. The second-order valence-electron chi connectivity index (χ2n) is 2.66. The minimum atomic E-state index is -0.796. The molecule has 1 rings (SSSR count). The van der Waals surface area contributed by atoms with Crippen molar-refractivity contribution in [3.8, 4) is 0 Å². The van der Waals surface area contributed by atoms with E-state index in [1.54, 1.807) is 0 Å². The number of aliphatic hydroxyl groups excluding tert-OH is 2. The van der Waals surface area contributed by atoms with Crippen LogP contribution in [0.3, 0.4) is 0 Å². The van der Waals surface area contributed by atoms with E-state index in [1.165, 1.54) is 0 Å². The molecule has 1 heterocycles. The van der Waals surface area contributed by atoms with Gasteiger partial charge in [0.25, 0.3) is 0 Å². The van der Waals surface area contributed by atoms with Crippen LogP contribution in [0.25, 0.3) is 0 Å². The van der Waals surface area contributed by atoms with Crippen LogP contribution >= 0.6 is 0 Å². The molecule has 10 heavy (non-hydrogen) atoms. The first-order valence-electron chi connectivity index (χ1n) is 3.48. The summed E-state index contributed by atoms with van der Waals surface area (Å²) in [5.41, 5.74) is 0. The maximum Gasteiger partial charge on any atom is 0.0990 e. The highest BCUT2D eigenvalue weighted by molar-refractivity contribution is 4.88. The molecular formula is C6H13NO3. The summed E-state index contributed by atoms with van der Waals surface area (Å²) in [6, 6.07) is -0.296. The van der Waals surface area contributed by atoms with Gasteiger partial charge in [0, 0.05) is 0 Å². The van der Waals surface area contributed by atoms with Gasteiger partial charge < -0.3 is 15.4 Å². The van der Waals surface area contributed by atoms with Gasteiger partial charge in [-0.1, -0.05) is 6.92 Å². The first-order chi connectivity index (χ1) is 4.66. The molecule has 4 heteroatoms. The summed E-state index contributed by atoms with van der Waals surface area (Å²) >= 11 is 0. The maximum atomic E-state index is 9.18. The Bertz CT molecular complexity index is 120. The zero-order chi connectivity index (χ0) is 7.72. The van der Waals surface area contributed by atoms with E-state index in [0.717, 1.165) is 5.06 Å². The minimum absolute atomic E-state index is 0.152. The number of β-amino-alcohol motifs (C(OH)–C–C–N with tert-alkyl or cyclic N) is 1. The van der Waals surface area contributed by atoms with Crippen LogP contribution in [0, 0.1) is 0 Å². The Morgan fingerprint density at radius 2 is 2.10 bits per heavy atom. The van der Waals surface area contributed by atoms with Crippen LogP contribution in [0.4, 0.5) is 0 Å². The maximum absolute atomic E-state index is 9.18. The van der Waals surface area contributed by atoms with Gasteiger partial charge in [-0.05, 0) is 6.42 Å². The molecule has 0 saturated carbocycles. The van der Waals surface area contributed by atoms with Crippen molar-refractivity contribution in [2.24, 2.45) is 0 Å². The van der Waals surface area contributed by atoms with Gasteiger partial charge in [0.05, 0.1) is 24.8 Å². The van der Waals surface area contributed by atoms with Gasteiger partial charge in [-0.25, -0.2) is 0 Å². The Balaban J connectivity index is 2.55. The Hall–Kier alpha value is -0.160. The summed E-state index contributed by atoms with van der Waals surface area (Å²) < 4.78 is 0. The van der Waals surface area contributed by atoms with Gasteiger partial charge in [0.15, 0.2) is 0 Å². The zero-order valence-corrected chi connectivity index (χ0v) is 5.94. The number of hydrogen-bond donors (Lipinski definition) is 3. The lowest BCUT2D eigenvalue weighted by molar-refractivity contribution is -0.117. The van der Waals surface area contributed by atoms with Crippen LogP contribution < -0.4 is 0 Å². The van der Waals surface area contributed by atoms with Crippen molar-refractivity contribution in [1.82, 2.24) is 5.06 Å². The lowest BCUT2D eigenvalue weighted by Gasteiger charge is -2.17. The number of rotatable bonds is 1. The molecule has 0 aromatic carbocycles. The average molecular weight is 147 g/mol. The lowest BCUT2D eigenvalue weighted by atomic mass is 10.1. The highest BCUT2D eigenvalue weighted by atomic mass is 16.5. The predicted molar refractivity (Wildman–Crippen MR) is 34.6 cm³/mol. The molecule has 0 aromatic heterocycles. The molecule has 0 aromatic rings. The van der Waals surface area contributed by atoms with E-state index in [1.807, 2.05) is 6.92 Å². The van der Waals surface area contributed by atoms with Gasteiger partial charge >= 0.3 is 0 Å². The number of hydrogen-bond acceptors (Lipinski definition) is 4. The number of aliphatic hydroxyl groups is 2. The van der Waals surface area contributed by atoms with E-state index in [-0.39, 0.29) is 12.6 Å². The second kappa shape index (κ2) is 2.84. The van der Waals surface area contributed by atoms with E-state index in [0.29, 0.717) is 6.42 Å². The summed E-state index contributed by atoms with van der Waals surface area (Å²) in [7, 11) is 0. The fourth-order valence-electron chi connectivity index (χ4n) is 1.32. The van der Waals surface area contributed by atoms with Crippen LogP contribution in [0.2, 0.25) is 0 Å². The van der Waals surface area contributed by atoms with Crippen LogP contribution in [-0.2, 0) is 0 Å². The van der Waals surface area contributed by atoms with Crippen molar-refractivity contribution < 1.29 is 15.4 Å². The predicted octanol–water partition coefficient (Wildman–Crippen LogP) is -0.808. The summed E-state index contributed by atoms with van der Waals surface area (Å²) in [4.78, 5) is 0.